The number of allylic oxidation sites excluding steroid dienone is 2. The average molecular weight is 360 g/mol. The monoisotopic (exact) mass is 360 g/mol. The van der Waals surface area contributed by atoms with Crippen LogP contribution in [0.3, 0.4) is 0 Å². The van der Waals surface area contributed by atoms with Gasteiger partial charge in [-0.15, -0.1) is 0 Å². The van der Waals surface area contributed by atoms with Crippen molar-refractivity contribution in [3.63, 3.8) is 0 Å². The summed E-state index contributed by atoms with van der Waals surface area (Å²) in [6.07, 6.45) is 9.60. The Morgan fingerprint density at radius 1 is 0.704 bits per heavy atom. The number of amides is 2. The first-order valence-electron chi connectivity index (χ1n) is 8.31. The van der Waals surface area contributed by atoms with Crippen molar-refractivity contribution >= 4 is 36.4 Å². The van der Waals surface area contributed by atoms with Gasteiger partial charge < -0.3 is 0 Å². The molecule has 2 aromatic rings. The van der Waals surface area contributed by atoms with E-state index in [1.807, 2.05) is 72.8 Å². The van der Waals surface area contributed by atoms with E-state index in [1.165, 1.54) is 12.4 Å². The molecule has 0 radical (unpaired) electrons. The van der Waals surface area contributed by atoms with Gasteiger partial charge in [-0.05, 0) is 23.3 Å². The predicted molar refractivity (Wildman–Crippen MR) is 109 cm³/mol. The molecule has 0 aromatic heterocycles. The molecule has 0 aliphatic rings. The number of carbonyl (C=O) groups is 2. The highest BCUT2D eigenvalue weighted by Crippen LogP contribution is 2.00. The maximum Gasteiger partial charge on any atom is 0.249 e. The summed E-state index contributed by atoms with van der Waals surface area (Å²) in [5.74, 6) is -1.04. The van der Waals surface area contributed by atoms with E-state index in [9.17, 15) is 9.59 Å². The van der Waals surface area contributed by atoms with Gasteiger partial charge in [0, 0.05) is 12.4 Å². The lowest BCUT2D eigenvalue weighted by Crippen LogP contribution is -2.26. The predicted octanol–water partition coefficient (Wildman–Crippen LogP) is 3.01. The van der Waals surface area contributed by atoms with Gasteiger partial charge in [0.25, 0.3) is 0 Å². The van der Waals surface area contributed by atoms with Crippen LogP contribution in [0.15, 0.2) is 83.0 Å². The summed E-state index contributed by atoms with van der Waals surface area (Å²) in [6.45, 7) is 0. The lowest BCUT2D eigenvalue weighted by molar-refractivity contribution is -0.129. The maximum absolute atomic E-state index is 11.6. The van der Waals surface area contributed by atoms with E-state index >= 15 is 0 Å². The zero-order valence-corrected chi connectivity index (χ0v) is 14.7. The fraction of sp³-hybridized carbons (Fsp3) is 0.0476. The molecular weight excluding hydrogens is 340 g/mol. The fourth-order valence-electron chi connectivity index (χ4n) is 1.97. The number of nitrogens with zero attached hydrogens (tertiary/aromatic N) is 2. The summed E-state index contributed by atoms with van der Waals surface area (Å²) in [7, 11) is 0. The number of hydrogen-bond donors (Lipinski definition) is 2. The molecule has 0 bridgehead atoms. The standard InChI is InChI=1S/C21H20N4O2/c26-20(24-22-15-7-13-18-9-3-1-4-10-18)17-21(27)25-23-16-8-14-19-11-5-2-6-12-19/h1-16H,17H2,(H,24,26)(H,25,27)/b13-7+,14-8+,22-15-,23-16-. The van der Waals surface area contributed by atoms with Gasteiger partial charge in [0.2, 0.25) is 11.8 Å². The quantitative estimate of drug-likeness (QED) is 0.431. The van der Waals surface area contributed by atoms with E-state index in [0.717, 1.165) is 11.1 Å². The number of hydrazone groups is 2. The summed E-state index contributed by atoms with van der Waals surface area (Å²) in [5, 5.41) is 7.48. The Hall–Kier alpha value is -3.80. The van der Waals surface area contributed by atoms with Gasteiger partial charge >= 0.3 is 0 Å². The van der Waals surface area contributed by atoms with Gasteiger partial charge in [0.05, 0.1) is 0 Å². The number of hydrogen-bond acceptors (Lipinski definition) is 4. The Balaban J connectivity index is 1.64. The van der Waals surface area contributed by atoms with Crippen LogP contribution in [0.5, 0.6) is 0 Å². The van der Waals surface area contributed by atoms with Crippen molar-refractivity contribution < 1.29 is 9.59 Å². The Bertz CT molecular complexity index is 770. The summed E-state index contributed by atoms with van der Waals surface area (Å²) in [4.78, 5) is 23.2. The van der Waals surface area contributed by atoms with Gasteiger partial charge in [-0.1, -0.05) is 72.8 Å². The molecule has 2 amide bonds. The molecule has 2 rings (SSSR count). The zero-order valence-electron chi connectivity index (χ0n) is 14.7. The van der Waals surface area contributed by atoms with Crippen LogP contribution in [-0.4, -0.2) is 24.2 Å². The second kappa shape index (κ2) is 11.7. The summed E-state index contributed by atoms with van der Waals surface area (Å²) >= 11 is 0. The van der Waals surface area contributed by atoms with E-state index in [0.29, 0.717) is 0 Å². The molecule has 0 aliphatic heterocycles. The van der Waals surface area contributed by atoms with Gasteiger partial charge in [-0.25, -0.2) is 10.9 Å². The molecule has 6 nitrogen and oxygen atoms in total. The molecule has 0 unspecified atom stereocenters. The van der Waals surface area contributed by atoms with Crippen LogP contribution in [0.2, 0.25) is 0 Å². The highest BCUT2D eigenvalue weighted by Gasteiger charge is 2.06. The average Bonchev–Trinajstić information content (AvgIpc) is 2.69. The lowest BCUT2D eigenvalue weighted by Gasteiger charge is -1.98. The minimum atomic E-state index is -0.521. The molecule has 0 saturated carbocycles. The van der Waals surface area contributed by atoms with Crippen LogP contribution in [0, 0.1) is 0 Å². The molecule has 0 spiro atoms. The van der Waals surface area contributed by atoms with E-state index < -0.39 is 11.8 Å². The first kappa shape index (κ1) is 19.5. The molecule has 0 saturated heterocycles. The van der Waals surface area contributed by atoms with E-state index in [-0.39, 0.29) is 6.42 Å². The Labute approximate surface area is 158 Å². The number of nitrogens with one attached hydrogen (secondary N) is 2. The number of benzene rings is 2. The second-order valence-corrected chi connectivity index (χ2v) is 5.34. The zero-order chi connectivity index (χ0) is 19.2. The highest BCUT2D eigenvalue weighted by atomic mass is 16.2. The molecule has 0 fully saturated rings. The SMILES string of the molecule is O=C(CC(=O)N/N=C\C=C\c1ccccc1)N/N=C\C=C\c1ccccc1. The van der Waals surface area contributed by atoms with E-state index in [4.69, 9.17) is 0 Å². The molecular formula is C21H20N4O2. The number of carbonyl (C=O) groups excluding carboxylic acids is 2. The minimum absolute atomic E-state index is 0.362. The van der Waals surface area contributed by atoms with Crippen LogP contribution < -0.4 is 10.9 Å². The molecule has 2 N–H and O–H groups in total. The summed E-state index contributed by atoms with van der Waals surface area (Å²) < 4.78 is 0. The topological polar surface area (TPSA) is 82.9 Å². The molecule has 136 valence electrons. The third-order valence-corrected chi connectivity index (χ3v) is 3.20. The smallest absolute Gasteiger partial charge is 0.249 e. The van der Waals surface area contributed by atoms with Gasteiger partial charge in [-0.2, -0.15) is 10.2 Å². The molecule has 0 atom stereocenters. The van der Waals surface area contributed by atoms with Crippen LogP contribution in [0.1, 0.15) is 17.5 Å². The largest absolute Gasteiger partial charge is 0.273 e. The molecule has 27 heavy (non-hydrogen) atoms. The first-order valence-corrected chi connectivity index (χ1v) is 8.31. The van der Waals surface area contributed by atoms with Crippen molar-refractivity contribution in [2.45, 2.75) is 6.42 Å². The first-order chi connectivity index (χ1) is 13.2. The van der Waals surface area contributed by atoms with Crippen molar-refractivity contribution in [1.82, 2.24) is 10.9 Å². The third-order valence-electron chi connectivity index (χ3n) is 3.20. The summed E-state index contributed by atoms with van der Waals surface area (Å²) in [6, 6.07) is 19.4. The highest BCUT2D eigenvalue weighted by molar-refractivity contribution is 5.97. The molecule has 6 heteroatoms. The Morgan fingerprint density at radius 3 is 1.52 bits per heavy atom. The third kappa shape index (κ3) is 8.74. The van der Waals surface area contributed by atoms with Crippen molar-refractivity contribution in [2.24, 2.45) is 10.2 Å². The Morgan fingerprint density at radius 2 is 1.11 bits per heavy atom. The van der Waals surface area contributed by atoms with Crippen molar-refractivity contribution in [1.29, 1.82) is 0 Å². The normalized spacial score (nSPS) is 11.6. The van der Waals surface area contributed by atoms with Gasteiger partial charge in [0.15, 0.2) is 0 Å². The fourth-order valence-corrected chi connectivity index (χ4v) is 1.97. The van der Waals surface area contributed by atoms with Crippen LogP contribution in [0.4, 0.5) is 0 Å². The molecule has 0 heterocycles. The van der Waals surface area contributed by atoms with Crippen molar-refractivity contribution in [2.75, 3.05) is 0 Å². The van der Waals surface area contributed by atoms with E-state index in [2.05, 4.69) is 21.1 Å². The molecule has 2 aromatic carbocycles. The lowest BCUT2D eigenvalue weighted by atomic mass is 10.2. The van der Waals surface area contributed by atoms with Crippen LogP contribution in [0.25, 0.3) is 12.2 Å². The summed E-state index contributed by atoms with van der Waals surface area (Å²) in [5.41, 5.74) is 6.60. The second-order valence-electron chi connectivity index (χ2n) is 5.34. The van der Waals surface area contributed by atoms with Crippen LogP contribution in [-0.2, 0) is 9.59 Å². The Kier molecular flexibility index (Phi) is 8.46. The van der Waals surface area contributed by atoms with Gasteiger partial charge in [0.1, 0.15) is 6.42 Å². The van der Waals surface area contributed by atoms with Gasteiger partial charge in [-0.3, -0.25) is 9.59 Å². The van der Waals surface area contributed by atoms with E-state index in [1.54, 1.807) is 12.2 Å². The van der Waals surface area contributed by atoms with Crippen molar-refractivity contribution in [3.8, 4) is 0 Å². The van der Waals surface area contributed by atoms with Crippen molar-refractivity contribution in [3.05, 3.63) is 83.9 Å². The maximum atomic E-state index is 11.6. The molecule has 0 aliphatic carbocycles. The number of rotatable bonds is 8. The minimum Gasteiger partial charge on any atom is -0.273 e. The van der Waals surface area contributed by atoms with Crippen LogP contribution >= 0.6 is 0 Å².